The monoisotopic (exact) mass is 292 g/mol. The molecule has 0 spiro atoms. The van der Waals surface area contributed by atoms with Crippen LogP contribution >= 0.6 is 0 Å². The molecular weight excluding hydrogens is 264 g/mol. The van der Waals surface area contributed by atoms with E-state index in [2.05, 4.69) is 18.8 Å². The summed E-state index contributed by atoms with van der Waals surface area (Å²) in [5.41, 5.74) is 6.48. The maximum absolute atomic E-state index is 5.90. The van der Waals surface area contributed by atoms with E-state index < -0.39 is 0 Å². The van der Waals surface area contributed by atoms with Gasteiger partial charge in [0, 0.05) is 6.07 Å². The quantitative estimate of drug-likeness (QED) is 0.657. The summed E-state index contributed by atoms with van der Waals surface area (Å²) < 4.78 is 11.5. The third kappa shape index (κ3) is 5.82. The van der Waals surface area contributed by atoms with E-state index in [1.54, 1.807) is 0 Å². The number of aromatic nitrogens is 1. The first kappa shape index (κ1) is 15.9. The van der Waals surface area contributed by atoms with Gasteiger partial charge in [-0.05, 0) is 44.6 Å². The minimum Gasteiger partial charge on any atom is -0.476 e. The number of nitrogens with zero attached hydrogens (tertiary/aromatic N) is 1. The van der Waals surface area contributed by atoms with Gasteiger partial charge >= 0.3 is 0 Å². The molecule has 0 aromatic carbocycles. The Kier molecular flexibility index (Phi) is 6.15. The van der Waals surface area contributed by atoms with Gasteiger partial charge in [-0.3, -0.25) is 0 Å². The second kappa shape index (κ2) is 8.11. The molecule has 2 N–H and O–H groups in total. The Hall–Kier alpha value is -1.45. The van der Waals surface area contributed by atoms with Crippen LogP contribution < -0.4 is 15.2 Å². The molecule has 0 bridgehead atoms. The first-order valence-corrected chi connectivity index (χ1v) is 8.25. The molecule has 0 aliphatic heterocycles. The van der Waals surface area contributed by atoms with E-state index >= 15 is 0 Å². The second-order valence-corrected chi connectivity index (χ2v) is 6.08. The number of rotatable bonds is 10. The number of hydrogen-bond acceptors (Lipinski definition) is 4. The third-order valence-electron chi connectivity index (χ3n) is 3.80. The molecule has 0 saturated heterocycles. The molecule has 1 atom stereocenters. The summed E-state index contributed by atoms with van der Waals surface area (Å²) in [5, 5.41) is 0. The number of ether oxygens (including phenoxy) is 2. The van der Waals surface area contributed by atoms with Crippen LogP contribution in [0.5, 0.6) is 11.8 Å². The largest absolute Gasteiger partial charge is 0.476 e. The SMILES string of the molecule is CCCCCCC(C)Oc1ccc(N)c(OCC2CC2)n1. The summed E-state index contributed by atoms with van der Waals surface area (Å²) in [6, 6.07) is 3.64. The maximum atomic E-state index is 5.90. The molecule has 4 heteroatoms. The van der Waals surface area contributed by atoms with E-state index in [0.717, 1.165) is 6.42 Å². The highest BCUT2D eigenvalue weighted by Crippen LogP contribution is 2.31. The Morgan fingerprint density at radius 3 is 2.81 bits per heavy atom. The van der Waals surface area contributed by atoms with Crippen molar-refractivity contribution >= 4 is 5.69 Å². The number of nitrogen functional groups attached to an aromatic ring is 1. The lowest BCUT2D eigenvalue weighted by Crippen LogP contribution is -2.13. The molecule has 1 aromatic heterocycles. The molecule has 0 radical (unpaired) electrons. The van der Waals surface area contributed by atoms with Gasteiger partial charge < -0.3 is 15.2 Å². The smallest absolute Gasteiger partial charge is 0.240 e. The van der Waals surface area contributed by atoms with Crippen LogP contribution in [0.15, 0.2) is 12.1 Å². The van der Waals surface area contributed by atoms with Crippen LogP contribution in [0.4, 0.5) is 5.69 Å². The zero-order valence-electron chi connectivity index (χ0n) is 13.3. The minimum atomic E-state index is 0.175. The summed E-state index contributed by atoms with van der Waals surface area (Å²) >= 11 is 0. The Labute approximate surface area is 128 Å². The van der Waals surface area contributed by atoms with Gasteiger partial charge in [-0.15, -0.1) is 0 Å². The molecule has 1 unspecified atom stereocenters. The fraction of sp³-hybridized carbons (Fsp3) is 0.706. The number of hydrogen-bond donors (Lipinski definition) is 1. The van der Waals surface area contributed by atoms with Crippen molar-refractivity contribution in [3.63, 3.8) is 0 Å². The van der Waals surface area contributed by atoms with Crippen molar-refractivity contribution in [3.8, 4) is 11.8 Å². The number of unbranched alkanes of at least 4 members (excludes halogenated alkanes) is 3. The average molecular weight is 292 g/mol. The van der Waals surface area contributed by atoms with Crippen LogP contribution in [0.2, 0.25) is 0 Å². The van der Waals surface area contributed by atoms with Gasteiger partial charge in [-0.1, -0.05) is 26.2 Å². The standard InChI is InChI=1S/C17H28N2O2/c1-3-4-5-6-7-13(2)21-16-11-10-15(18)17(19-16)20-12-14-8-9-14/h10-11,13-14H,3-9,12,18H2,1-2H3. The van der Waals surface area contributed by atoms with Crippen LogP contribution in [-0.2, 0) is 0 Å². The molecule has 1 aromatic rings. The topological polar surface area (TPSA) is 57.4 Å². The average Bonchev–Trinajstić information content (AvgIpc) is 3.28. The zero-order chi connectivity index (χ0) is 15.1. The fourth-order valence-corrected chi connectivity index (χ4v) is 2.22. The van der Waals surface area contributed by atoms with Crippen LogP contribution in [0, 0.1) is 5.92 Å². The number of anilines is 1. The van der Waals surface area contributed by atoms with Gasteiger partial charge in [0.15, 0.2) is 0 Å². The second-order valence-electron chi connectivity index (χ2n) is 6.08. The van der Waals surface area contributed by atoms with Crippen LogP contribution in [0.1, 0.15) is 58.8 Å². The molecule has 1 fully saturated rings. The lowest BCUT2D eigenvalue weighted by atomic mass is 10.1. The summed E-state index contributed by atoms with van der Waals surface area (Å²) in [6.07, 6.45) is 8.78. The Morgan fingerprint density at radius 1 is 1.29 bits per heavy atom. The predicted octanol–water partition coefficient (Wildman–Crippen LogP) is 4.19. The molecule has 1 aliphatic carbocycles. The fourth-order valence-electron chi connectivity index (χ4n) is 2.22. The van der Waals surface area contributed by atoms with E-state index in [9.17, 15) is 0 Å². The molecule has 21 heavy (non-hydrogen) atoms. The van der Waals surface area contributed by atoms with E-state index in [4.69, 9.17) is 15.2 Å². The van der Waals surface area contributed by atoms with Gasteiger partial charge in [0.25, 0.3) is 0 Å². The van der Waals surface area contributed by atoms with E-state index in [0.29, 0.717) is 30.0 Å². The normalized spacial score (nSPS) is 15.7. The molecule has 1 aliphatic rings. The number of nitrogens with two attached hydrogens (primary N) is 1. The van der Waals surface area contributed by atoms with Crippen molar-refractivity contribution < 1.29 is 9.47 Å². The van der Waals surface area contributed by atoms with Gasteiger partial charge in [0.1, 0.15) is 0 Å². The summed E-state index contributed by atoms with van der Waals surface area (Å²) in [5.74, 6) is 1.81. The molecule has 1 saturated carbocycles. The molecule has 118 valence electrons. The highest BCUT2D eigenvalue weighted by Gasteiger charge is 2.22. The Bertz CT molecular complexity index is 433. The highest BCUT2D eigenvalue weighted by molar-refractivity contribution is 5.49. The molecule has 4 nitrogen and oxygen atoms in total. The van der Waals surface area contributed by atoms with E-state index in [1.807, 2.05) is 12.1 Å². The summed E-state index contributed by atoms with van der Waals surface area (Å²) in [6.45, 7) is 5.03. The molecule has 0 amide bonds. The van der Waals surface area contributed by atoms with Crippen molar-refractivity contribution in [1.29, 1.82) is 0 Å². The Balaban J connectivity index is 1.79. The first-order chi connectivity index (χ1) is 10.2. The molecule has 1 heterocycles. The highest BCUT2D eigenvalue weighted by atomic mass is 16.5. The summed E-state index contributed by atoms with van der Waals surface area (Å²) in [7, 11) is 0. The van der Waals surface area contributed by atoms with E-state index in [-0.39, 0.29) is 6.10 Å². The molecule has 2 rings (SSSR count). The van der Waals surface area contributed by atoms with E-state index in [1.165, 1.54) is 38.5 Å². The van der Waals surface area contributed by atoms with Crippen molar-refractivity contribution in [2.24, 2.45) is 5.92 Å². The molecular formula is C17H28N2O2. The van der Waals surface area contributed by atoms with Gasteiger partial charge in [0.05, 0.1) is 18.4 Å². The predicted molar refractivity (Wildman–Crippen MR) is 85.7 cm³/mol. The van der Waals surface area contributed by atoms with Crippen molar-refractivity contribution in [2.75, 3.05) is 12.3 Å². The maximum Gasteiger partial charge on any atom is 0.240 e. The minimum absolute atomic E-state index is 0.175. The Morgan fingerprint density at radius 2 is 2.10 bits per heavy atom. The van der Waals surface area contributed by atoms with Crippen LogP contribution in [0.25, 0.3) is 0 Å². The van der Waals surface area contributed by atoms with Gasteiger partial charge in [-0.2, -0.15) is 4.98 Å². The van der Waals surface area contributed by atoms with Crippen molar-refractivity contribution in [1.82, 2.24) is 4.98 Å². The first-order valence-electron chi connectivity index (χ1n) is 8.25. The van der Waals surface area contributed by atoms with Crippen LogP contribution in [-0.4, -0.2) is 17.7 Å². The van der Waals surface area contributed by atoms with Crippen molar-refractivity contribution in [2.45, 2.75) is 64.9 Å². The lowest BCUT2D eigenvalue weighted by Gasteiger charge is -2.15. The van der Waals surface area contributed by atoms with Gasteiger partial charge in [-0.25, -0.2) is 0 Å². The van der Waals surface area contributed by atoms with Crippen molar-refractivity contribution in [3.05, 3.63) is 12.1 Å². The summed E-state index contributed by atoms with van der Waals surface area (Å²) in [4.78, 5) is 4.39. The lowest BCUT2D eigenvalue weighted by molar-refractivity contribution is 0.194. The van der Waals surface area contributed by atoms with Crippen LogP contribution in [0.3, 0.4) is 0 Å². The zero-order valence-corrected chi connectivity index (χ0v) is 13.3. The number of pyridine rings is 1. The van der Waals surface area contributed by atoms with Gasteiger partial charge in [0.2, 0.25) is 11.8 Å². The third-order valence-corrected chi connectivity index (χ3v) is 3.80.